The summed E-state index contributed by atoms with van der Waals surface area (Å²) in [5.41, 5.74) is 1.78. The Labute approximate surface area is 216 Å². The lowest BCUT2D eigenvalue weighted by Crippen LogP contribution is -1.91. The molecule has 6 rings (SSSR count). The van der Waals surface area contributed by atoms with Crippen LogP contribution in [0, 0.1) is 0 Å². The van der Waals surface area contributed by atoms with Gasteiger partial charge in [0.05, 0.1) is 20.8 Å². The molecule has 4 aromatic carbocycles. The second-order valence-electron chi connectivity index (χ2n) is 7.93. The van der Waals surface area contributed by atoms with Crippen LogP contribution < -0.4 is 9.47 Å². The lowest BCUT2D eigenvalue weighted by atomic mass is 10.2. The van der Waals surface area contributed by atoms with Crippen LogP contribution in [0.1, 0.15) is 0 Å². The number of benzene rings is 4. The summed E-state index contributed by atoms with van der Waals surface area (Å²) in [6.07, 6.45) is 3.62. The van der Waals surface area contributed by atoms with Gasteiger partial charge < -0.3 is 9.47 Å². The Kier molecular flexibility index (Phi) is 6.44. The minimum atomic E-state index is 0.753. The van der Waals surface area contributed by atoms with E-state index in [0.717, 1.165) is 54.6 Å². The maximum Gasteiger partial charge on any atom is 0.144 e. The van der Waals surface area contributed by atoms with Crippen LogP contribution in [-0.4, -0.2) is 9.97 Å². The third kappa shape index (κ3) is 4.73. The maximum absolute atomic E-state index is 6.30. The molecule has 0 aliphatic heterocycles. The number of rotatable bonds is 7. The molecule has 0 aliphatic rings. The Morgan fingerprint density at radius 3 is 1.33 bits per heavy atom. The van der Waals surface area contributed by atoms with Gasteiger partial charge in [0.2, 0.25) is 0 Å². The van der Waals surface area contributed by atoms with Gasteiger partial charge in [-0.3, -0.25) is 9.97 Å². The Bertz CT molecular complexity index is 1520. The van der Waals surface area contributed by atoms with Crippen LogP contribution in [0.3, 0.4) is 0 Å². The highest BCUT2D eigenvalue weighted by atomic mass is 33.1. The van der Waals surface area contributed by atoms with E-state index < -0.39 is 0 Å². The third-order valence-corrected chi connectivity index (χ3v) is 7.99. The van der Waals surface area contributed by atoms with Crippen LogP contribution in [-0.2, 0) is 0 Å². The van der Waals surface area contributed by atoms with E-state index in [1.165, 1.54) is 0 Å². The van der Waals surface area contributed by atoms with E-state index in [4.69, 9.17) is 9.47 Å². The van der Waals surface area contributed by atoms with Crippen molar-refractivity contribution < 1.29 is 9.47 Å². The van der Waals surface area contributed by atoms with Crippen molar-refractivity contribution in [1.82, 2.24) is 9.97 Å². The van der Waals surface area contributed by atoms with Crippen LogP contribution in [0.4, 0.5) is 0 Å². The van der Waals surface area contributed by atoms with E-state index in [1.807, 2.05) is 109 Å². The van der Waals surface area contributed by atoms with Gasteiger partial charge in [-0.15, -0.1) is 0 Å². The molecule has 0 unspecified atom stereocenters. The fourth-order valence-electron chi connectivity index (χ4n) is 3.84. The second-order valence-corrected chi connectivity index (χ2v) is 10.1. The first-order chi connectivity index (χ1) is 17.8. The minimum Gasteiger partial charge on any atom is -0.456 e. The van der Waals surface area contributed by atoms with Gasteiger partial charge >= 0.3 is 0 Å². The van der Waals surface area contributed by atoms with Crippen LogP contribution in [0.5, 0.6) is 23.0 Å². The van der Waals surface area contributed by atoms with Gasteiger partial charge in [-0.25, -0.2) is 0 Å². The first kappa shape index (κ1) is 22.5. The molecular weight excluding hydrogens is 484 g/mol. The van der Waals surface area contributed by atoms with Gasteiger partial charge in [-0.2, -0.15) is 0 Å². The molecule has 0 spiro atoms. The number of fused-ring (bicyclic) bond motifs is 2. The number of ether oxygens (including phenoxy) is 2. The molecule has 6 aromatic rings. The van der Waals surface area contributed by atoms with Crippen molar-refractivity contribution in [2.75, 3.05) is 0 Å². The lowest BCUT2D eigenvalue weighted by molar-refractivity contribution is 0.472. The van der Waals surface area contributed by atoms with E-state index in [9.17, 15) is 0 Å². The average Bonchev–Trinajstić information content (AvgIpc) is 2.94. The van der Waals surface area contributed by atoms with Crippen molar-refractivity contribution in [2.24, 2.45) is 0 Å². The third-order valence-electron chi connectivity index (χ3n) is 5.53. The number of para-hydroxylation sites is 2. The molecule has 0 N–H and O–H groups in total. The minimum absolute atomic E-state index is 0.753. The molecule has 6 heteroatoms. The first-order valence-electron chi connectivity index (χ1n) is 11.4. The lowest BCUT2D eigenvalue weighted by Gasteiger charge is -2.15. The molecule has 0 fully saturated rings. The quantitative estimate of drug-likeness (QED) is 0.202. The summed E-state index contributed by atoms with van der Waals surface area (Å²) in [5, 5.41) is 2.11. The van der Waals surface area contributed by atoms with Crippen molar-refractivity contribution in [3.63, 3.8) is 0 Å². The summed E-state index contributed by atoms with van der Waals surface area (Å²) in [6, 6.07) is 35.7. The zero-order valence-electron chi connectivity index (χ0n) is 19.1. The summed E-state index contributed by atoms with van der Waals surface area (Å²) >= 11 is 0. The zero-order chi connectivity index (χ0) is 24.2. The predicted molar refractivity (Wildman–Crippen MR) is 148 cm³/mol. The smallest absolute Gasteiger partial charge is 0.144 e. The molecule has 4 nitrogen and oxygen atoms in total. The summed E-state index contributed by atoms with van der Waals surface area (Å²) in [7, 11) is 3.20. The second kappa shape index (κ2) is 10.3. The Morgan fingerprint density at radius 2 is 0.889 bits per heavy atom. The van der Waals surface area contributed by atoms with Crippen LogP contribution in [0.15, 0.2) is 131 Å². The molecule has 0 bridgehead atoms. The van der Waals surface area contributed by atoms with E-state index in [-0.39, 0.29) is 0 Å². The Morgan fingerprint density at radius 1 is 0.444 bits per heavy atom. The number of hydrogen-bond donors (Lipinski definition) is 0. The number of hydrogen-bond acceptors (Lipinski definition) is 6. The zero-order valence-corrected chi connectivity index (χ0v) is 20.7. The van der Waals surface area contributed by atoms with Crippen molar-refractivity contribution in [2.45, 2.75) is 9.79 Å². The number of pyridine rings is 2. The summed E-state index contributed by atoms with van der Waals surface area (Å²) < 4.78 is 12.6. The SMILES string of the molecule is c1ccc(Oc2ccc3cccnc3c2SSc2c(Oc3ccccc3)ccc3cccnc23)cc1. The first-order valence-corrected chi connectivity index (χ1v) is 13.6. The molecule has 0 saturated heterocycles. The normalized spacial score (nSPS) is 11.0. The van der Waals surface area contributed by atoms with Gasteiger partial charge in [0.1, 0.15) is 23.0 Å². The molecular formula is C30H20N2O2S2. The number of nitrogens with zero attached hydrogens (tertiary/aromatic N) is 2. The van der Waals surface area contributed by atoms with Gasteiger partial charge in [0, 0.05) is 23.2 Å². The topological polar surface area (TPSA) is 44.2 Å². The van der Waals surface area contributed by atoms with Gasteiger partial charge in [-0.05, 0) is 82.3 Å². The molecule has 0 amide bonds. The van der Waals surface area contributed by atoms with Gasteiger partial charge in [-0.1, -0.05) is 48.5 Å². The Balaban J connectivity index is 1.41. The number of aromatic nitrogens is 2. The summed E-state index contributed by atoms with van der Waals surface area (Å²) in [4.78, 5) is 11.3. The highest BCUT2D eigenvalue weighted by Gasteiger charge is 2.17. The molecule has 0 radical (unpaired) electrons. The molecule has 0 aliphatic carbocycles. The van der Waals surface area contributed by atoms with E-state index in [0.29, 0.717) is 0 Å². The van der Waals surface area contributed by atoms with Crippen molar-refractivity contribution in [1.29, 1.82) is 0 Å². The molecule has 0 atom stereocenters. The van der Waals surface area contributed by atoms with Crippen LogP contribution in [0.2, 0.25) is 0 Å². The van der Waals surface area contributed by atoms with Crippen LogP contribution >= 0.6 is 21.6 Å². The van der Waals surface area contributed by atoms with E-state index in [2.05, 4.69) is 22.1 Å². The maximum atomic E-state index is 6.30. The van der Waals surface area contributed by atoms with Crippen molar-refractivity contribution in [3.05, 3.63) is 122 Å². The highest BCUT2D eigenvalue weighted by Crippen LogP contribution is 2.50. The fourth-order valence-corrected chi connectivity index (χ4v) is 6.35. The van der Waals surface area contributed by atoms with Crippen molar-refractivity contribution >= 4 is 43.4 Å². The largest absolute Gasteiger partial charge is 0.456 e. The molecule has 2 heterocycles. The van der Waals surface area contributed by atoms with Crippen LogP contribution in [0.25, 0.3) is 21.8 Å². The van der Waals surface area contributed by atoms with Gasteiger partial charge in [0.15, 0.2) is 0 Å². The average molecular weight is 505 g/mol. The molecule has 174 valence electrons. The highest BCUT2D eigenvalue weighted by molar-refractivity contribution is 8.76. The fraction of sp³-hybridized carbons (Fsp3) is 0. The van der Waals surface area contributed by atoms with Crippen molar-refractivity contribution in [3.8, 4) is 23.0 Å². The monoisotopic (exact) mass is 504 g/mol. The Hall–Kier alpha value is -4.00. The van der Waals surface area contributed by atoms with E-state index in [1.54, 1.807) is 21.6 Å². The standard InChI is InChI=1S/C30H20N2O2S2/c1-3-11-23(12-4-1)33-25-17-15-21-9-7-19-31-27(21)29(25)35-36-30-26(34-24-13-5-2-6-14-24)18-16-22-10-8-20-32-28(22)30/h1-20H. The van der Waals surface area contributed by atoms with E-state index >= 15 is 0 Å². The predicted octanol–water partition coefficient (Wildman–Crippen LogP) is 9.17. The molecule has 2 aromatic heterocycles. The van der Waals surface area contributed by atoms with Gasteiger partial charge in [0.25, 0.3) is 0 Å². The molecule has 0 saturated carbocycles. The summed E-state index contributed by atoms with van der Waals surface area (Å²) in [5.74, 6) is 3.06. The summed E-state index contributed by atoms with van der Waals surface area (Å²) in [6.45, 7) is 0. The molecule has 36 heavy (non-hydrogen) atoms.